The van der Waals surface area contributed by atoms with Crippen LogP contribution in [0.15, 0.2) is 11.8 Å². The molecule has 144 valence electrons. The Bertz CT molecular complexity index is 532. The number of carbonyl (C=O) groups is 1. The molecule has 0 spiro atoms. The second-order valence-electron chi connectivity index (χ2n) is 9.72. The Labute approximate surface area is 155 Å². The Morgan fingerprint density at radius 3 is 2.44 bits per heavy atom. The summed E-state index contributed by atoms with van der Waals surface area (Å²) in [6, 6.07) is 0. The van der Waals surface area contributed by atoms with Gasteiger partial charge in [0.1, 0.15) is 0 Å². The summed E-state index contributed by atoms with van der Waals surface area (Å²) in [4.78, 5) is 12.9. The van der Waals surface area contributed by atoms with E-state index >= 15 is 0 Å². The van der Waals surface area contributed by atoms with Gasteiger partial charge in [-0.25, -0.2) is 0 Å². The van der Waals surface area contributed by atoms with Crippen molar-refractivity contribution >= 4 is 14.3 Å². The summed E-state index contributed by atoms with van der Waals surface area (Å²) in [7, 11) is -1.87. The molecule has 0 N–H and O–H groups in total. The lowest BCUT2D eigenvalue weighted by molar-refractivity contribution is -0.164. The fraction of sp³-hybridized carbons (Fsp3) is 0.857. The van der Waals surface area contributed by atoms with Crippen molar-refractivity contribution in [2.45, 2.75) is 85.4 Å². The van der Waals surface area contributed by atoms with E-state index in [-0.39, 0.29) is 16.9 Å². The minimum Gasteiger partial charge on any atom is -0.547 e. The topological polar surface area (TPSA) is 35.5 Å². The third kappa shape index (κ3) is 3.69. The van der Waals surface area contributed by atoms with Gasteiger partial charge in [0.2, 0.25) is 8.32 Å². The van der Waals surface area contributed by atoms with E-state index in [0.29, 0.717) is 18.4 Å². The molecule has 2 rings (SSSR count). The molecule has 0 aromatic rings. The van der Waals surface area contributed by atoms with Crippen LogP contribution in [0.4, 0.5) is 0 Å². The normalized spacial score (nSPS) is 33.3. The van der Waals surface area contributed by atoms with Gasteiger partial charge >= 0.3 is 5.97 Å². The number of fused-ring (bicyclic) bond motifs is 1. The van der Waals surface area contributed by atoms with Crippen molar-refractivity contribution in [3.05, 3.63) is 11.8 Å². The van der Waals surface area contributed by atoms with Gasteiger partial charge in [-0.1, -0.05) is 40.5 Å². The third-order valence-corrected chi connectivity index (χ3v) is 11.5. The predicted octanol–water partition coefficient (Wildman–Crippen LogP) is 5.92. The second-order valence-corrected chi connectivity index (χ2v) is 14.4. The molecule has 4 atom stereocenters. The second kappa shape index (κ2) is 7.09. The highest BCUT2D eigenvalue weighted by Crippen LogP contribution is 2.55. The van der Waals surface area contributed by atoms with Crippen LogP contribution in [0.2, 0.25) is 18.1 Å². The maximum Gasteiger partial charge on any atom is 0.312 e. The minimum absolute atomic E-state index is 0.0259. The van der Waals surface area contributed by atoms with Crippen LogP contribution in [0.3, 0.4) is 0 Å². The molecule has 1 fully saturated rings. The molecule has 0 aliphatic heterocycles. The molecule has 0 radical (unpaired) electrons. The Morgan fingerprint density at radius 1 is 1.28 bits per heavy atom. The first-order valence-electron chi connectivity index (χ1n) is 10.0. The van der Waals surface area contributed by atoms with Crippen LogP contribution in [0, 0.1) is 23.2 Å². The van der Waals surface area contributed by atoms with Crippen molar-refractivity contribution in [1.29, 1.82) is 0 Å². The van der Waals surface area contributed by atoms with E-state index in [4.69, 9.17) is 9.16 Å². The number of allylic oxidation sites excluding steroid dienone is 2. The highest BCUT2D eigenvalue weighted by atomic mass is 28.4. The molecule has 0 aromatic carbocycles. The minimum atomic E-state index is -1.87. The van der Waals surface area contributed by atoms with E-state index in [1.54, 1.807) is 0 Å². The zero-order valence-corrected chi connectivity index (χ0v) is 18.6. The summed E-state index contributed by atoms with van der Waals surface area (Å²) in [5, 5.41) is 0.184. The SMILES string of the molecule is CCOC(=O)[C@]1(C)[C@H](C)C=C(O[Si](C)(C)C(C)(C)C)[C@@H]2CCCC[C@H]21. The van der Waals surface area contributed by atoms with Crippen molar-refractivity contribution < 1.29 is 14.0 Å². The van der Waals surface area contributed by atoms with Crippen molar-refractivity contribution in [2.75, 3.05) is 6.61 Å². The molecule has 0 heterocycles. The summed E-state index contributed by atoms with van der Waals surface area (Å²) >= 11 is 0. The van der Waals surface area contributed by atoms with Crippen LogP contribution < -0.4 is 0 Å². The highest BCUT2D eigenvalue weighted by Gasteiger charge is 2.54. The molecule has 2 aliphatic rings. The van der Waals surface area contributed by atoms with E-state index in [9.17, 15) is 4.79 Å². The number of hydrogen-bond acceptors (Lipinski definition) is 3. The quantitative estimate of drug-likeness (QED) is 0.458. The molecule has 25 heavy (non-hydrogen) atoms. The summed E-state index contributed by atoms with van der Waals surface area (Å²) in [5.41, 5.74) is -0.429. The molecular formula is C21H38O3Si. The van der Waals surface area contributed by atoms with E-state index in [1.165, 1.54) is 18.6 Å². The lowest BCUT2D eigenvalue weighted by Gasteiger charge is -2.51. The number of carbonyl (C=O) groups excluding carboxylic acids is 1. The van der Waals surface area contributed by atoms with Crippen LogP contribution in [0.1, 0.15) is 67.2 Å². The molecule has 0 unspecified atom stereocenters. The molecule has 0 saturated heterocycles. The Morgan fingerprint density at radius 2 is 1.88 bits per heavy atom. The average Bonchev–Trinajstić information content (AvgIpc) is 2.51. The number of esters is 1. The standard InChI is InChI=1S/C21H38O3Si/c1-9-23-19(22)21(6)15(2)14-18(16-12-10-11-13-17(16)21)24-25(7,8)20(3,4)5/h14-17H,9-13H2,1-8H3/t15-,16-,17-,21-/m1/s1. The molecule has 0 amide bonds. The van der Waals surface area contributed by atoms with Gasteiger partial charge in [0.05, 0.1) is 17.8 Å². The van der Waals surface area contributed by atoms with E-state index in [2.05, 4.69) is 53.8 Å². The van der Waals surface area contributed by atoms with Crippen molar-refractivity contribution in [1.82, 2.24) is 0 Å². The summed E-state index contributed by atoms with van der Waals surface area (Å²) in [6.45, 7) is 18.1. The van der Waals surface area contributed by atoms with Crippen molar-refractivity contribution in [2.24, 2.45) is 23.2 Å². The summed E-state index contributed by atoms with van der Waals surface area (Å²) in [6.07, 6.45) is 6.92. The summed E-state index contributed by atoms with van der Waals surface area (Å²) < 4.78 is 12.3. The largest absolute Gasteiger partial charge is 0.547 e. The lowest BCUT2D eigenvalue weighted by atomic mass is 9.56. The first-order valence-corrected chi connectivity index (χ1v) is 12.9. The first kappa shape index (κ1) is 20.5. The number of ether oxygens (including phenoxy) is 1. The zero-order chi connectivity index (χ0) is 19.0. The van der Waals surface area contributed by atoms with Gasteiger partial charge in [-0.3, -0.25) is 4.79 Å². The van der Waals surface area contributed by atoms with Gasteiger partial charge in [0.25, 0.3) is 0 Å². The highest BCUT2D eigenvalue weighted by molar-refractivity contribution is 6.74. The molecule has 3 nitrogen and oxygen atoms in total. The monoisotopic (exact) mass is 366 g/mol. The fourth-order valence-corrected chi connectivity index (χ4v) is 5.37. The van der Waals surface area contributed by atoms with Gasteiger partial charge < -0.3 is 9.16 Å². The van der Waals surface area contributed by atoms with Gasteiger partial charge in [0, 0.05) is 5.92 Å². The Kier molecular flexibility index (Phi) is 5.83. The lowest BCUT2D eigenvalue weighted by Crippen LogP contribution is -2.51. The predicted molar refractivity (Wildman–Crippen MR) is 106 cm³/mol. The van der Waals surface area contributed by atoms with Crippen LogP contribution >= 0.6 is 0 Å². The smallest absolute Gasteiger partial charge is 0.312 e. The maximum absolute atomic E-state index is 12.9. The first-order chi connectivity index (χ1) is 11.4. The number of rotatable bonds is 4. The van der Waals surface area contributed by atoms with E-state index in [1.807, 2.05) is 6.92 Å². The van der Waals surface area contributed by atoms with Gasteiger partial charge in [-0.15, -0.1) is 0 Å². The molecular weight excluding hydrogens is 328 g/mol. The molecule has 4 heteroatoms. The Hall–Kier alpha value is -0.773. The zero-order valence-electron chi connectivity index (χ0n) is 17.6. The van der Waals surface area contributed by atoms with Gasteiger partial charge in [0.15, 0.2) is 0 Å². The molecule has 0 aromatic heterocycles. The Balaban J connectivity index is 2.39. The maximum atomic E-state index is 12.9. The van der Waals surface area contributed by atoms with Crippen molar-refractivity contribution in [3.8, 4) is 0 Å². The summed E-state index contributed by atoms with van der Waals surface area (Å²) in [5.74, 6) is 1.99. The van der Waals surface area contributed by atoms with Crippen LogP contribution in [0.5, 0.6) is 0 Å². The third-order valence-electron chi connectivity index (χ3n) is 7.16. The van der Waals surface area contributed by atoms with Gasteiger partial charge in [-0.2, -0.15) is 0 Å². The van der Waals surface area contributed by atoms with Crippen LogP contribution in [-0.2, 0) is 14.0 Å². The van der Waals surface area contributed by atoms with E-state index < -0.39 is 13.7 Å². The fourth-order valence-electron chi connectivity index (χ4n) is 4.25. The number of hydrogen-bond donors (Lipinski definition) is 0. The van der Waals surface area contributed by atoms with Gasteiger partial charge in [-0.05, 0) is 62.7 Å². The van der Waals surface area contributed by atoms with E-state index in [0.717, 1.165) is 12.8 Å². The molecule has 1 saturated carbocycles. The van der Waals surface area contributed by atoms with Crippen LogP contribution in [-0.4, -0.2) is 20.9 Å². The average molecular weight is 367 g/mol. The molecule has 0 bridgehead atoms. The van der Waals surface area contributed by atoms with Crippen molar-refractivity contribution in [3.63, 3.8) is 0 Å². The van der Waals surface area contributed by atoms with Crippen LogP contribution in [0.25, 0.3) is 0 Å². The molecule has 2 aliphatic carbocycles.